The van der Waals surface area contributed by atoms with Crippen LogP contribution >= 0.6 is 23.4 Å². The van der Waals surface area contributed by atoms with Gasteiger partial charge in [0.25, 0.3) is 0 Å². The van der Waals surface area contributed by atoms with Crippen molar-refractivity contribution in [1.29, 1.82) is 0 Å². The average Bonchev–Trinajstić information content (AvgIpc) is 2.88. The third kappa shape index (κ3) is 6.11. The van der Waals surface area contributed by atoms with Gasteiger partial charge in [0.05, 0.1) is 32.1 Å². The summed E-state index contributed by atoms with van der Waals surface area (Å²) in [5.41, 5.74) is 5.19. The molecule has 2 saturated heterocycles. The number of aromatic nitrogens is 2. The van der Waals surface area contributed by atoms with E-state index in [9.17, 15) is 0 Å². The number of hydrogen-bond acceptors (Lipinski definition) is 10. The van der Waals surface area contributed by atoms with Gasteiger partial charge in [0.15, 0.2) is 5.82 Å². The molecule has 3 aliphatic rings. The molecule has 5 rings (SSSR count). The van der Waals surface area contributed by atoms with E-state index < -0.39 is 0 Å². The first-order valence-corrected chi connectivity index (χ1v) is 13.0. The zero-order valence-corrected chi connectivity index (χ0v) is 20.6. The van der Waals surface area contributed by atoms with E-state index in [-0.39, 0.29) is 0 Å². The third-order valence-electron chi connectivity index (χ3n) is 5.92. The van der Waals surface area contributed by atoms with Crippen LogP contribution in [0.4, 0.5) is 11.6 Å². The molecular formula is C23H29ClN6O3S. The van der Waals surface area contributed by atoms with E-state index in [1.54, 1.807) is 0 Å². The van der Waals surface area contributed by atoms with Crippen LogP contribution in [0.2, 0.25) is 5.02 Å². The van der Waals surface area contributed by atoms with Crippen molar-refractivity contribution in [1.82, 2.24) is 14.9 Å². The maximum Gasteiger partial charge on any atom is 0.320 e. The second kappa shape index (κ2) is 11.5. The van der Waals surface area contributed by atoms with Crippen LogP contribution in [0.15, 0.2) is 34.3 Å². The van der Waals surface area contributed by atoms with Crippen molar-refractivity contribution < 1.29 is 14.2 Å². The second-order valence-electron chi connectivity index (χ2n) is 8.21. The predicted octanol–water partition coefficient (Wildman–Crippen LogP) is 2.99. The van der Waals surface area contributed by atoms with Crippen molar-refractivity contribution in [3.8, 4) is 6.01 Å². The standard InChI is InChI=1S/C23H29ClN6O3S/c24-17-1-2-20-18(15-17)19(3-14-34-20)27-28-21-16-22(30-7-11-32-12-8-30)26-23(25-21)33-13-6-29-4-9-31-10-5-29/h1-2,15-16H,3-14H2,(H,25,26,28)/b27-19+. The Bertz CT molecular complexity index is 1010. The zero-order valence-electron chi connectivity index (χ0n) is 19.0. The summed E-state index contributed by atoms with van der Waals surface area (Å²) in [6.07, 6.45) is 0.856. The molecule has 182 valence electrons. The summed E-state index contributed by atoms with van der Waals surface area (Å²) < 4.78 is 16.9. The van der Waals surface area contributed by atoms with Crippen molar-refractivity contribution in [2.45, 2.75) is 11.3 Å². The highest BCUT2D eigenvalue weighted by Gasteiger charge is 2.19. The highest BCUT2D eigenvalue weighted by molar-refractivity contribution is 7.99. The summed E-state index contributed by atoms with van der Waals surface area (Å²) in [6.45, 7) is 7.63. The quantitative estimate of drug-likeness (QED) is 0.572. The van der Waals surface area contributed by atoms with Crippen LogP contribution < -0.4 is 15.1 Å². The zero-order chi connectivity index (χ0) is 23.2. The monoisotopic (exact) mass is 504 g/mol. The largest absolute Gasteiger partial charge is 0.462 e. The van der Waals surface area contributed by atoms with Gasteiger partial charge in [-0.1, -0.05) is 11.6 Å². The fourth-order valence-corrected chi connectivity index (χ4v) is 5.25. The van der Waals surface area contributed by atoms with E-state index in [0.29, 0.717) is 36.7 Å². The maximum atomic E-state index is 6.24. The lowest BCUT2D eigenvalue weighted by atomic mass is 10.1. The van der Waals surface area contributed by atoms with Gasteiger partial charge in [-0.2, -0.15) is 15.1 Å². The fourth-order valence-electron chi connectivity index (χ4n) is 4.07. The molecule has 2 fully saturated rings. The third-order valence-corrected chi connectivity index (χ3v) is 7.23. The van der Waals surface area contributed by atoms with Gasteiger partial charge in [-0.3, -0.25) is 10.3 Å². The summed E-state index contributed by atoms with van der Waals surface area (Å²) in [6, 6.07) is 8.22. The molecule has 0 atom stereocenters. The number of fused-ring (bicyclic) bond motifs is 1. The Balaban J connectivity index is 1.33. The van der Waals surface area contributed by atoms with Gasteiger partial charge in [0, 0.05) is 66.4 Å². The first kappa shape index (κ1) is 23.6. The molecular weight excluding hydrogens is 476 g/mol. The van der Waals surface area contributed by atoms with Crippen molar-refractivity contribution in [2.24, 2.45) is 5.10 Å². The van der Waals surface area contributed by atoms with Crippen molar-refractivity contribution in [3.05, 3.63) is 34.9 Å². The fraction of sp³-hybridized carbons (Fsp3) is 0.522. The molecule has 4 heterocycles. The van der Waals surface area contributed by atoms with Gasteiger partial charge in [-0.05, 0) is 18.2 Å². The van der Waals surface area contributed by atoms with Crippen molar-refractivity contribution in [2.75, 3.05) is 81.8 Å². The van der Waals surface area contributed by atoms with E-state index in [1.165, 1.54) is 4.90 Å². The first-order chi connectivity index (χ1) is 16.7. The van der Waals surface area contributed by atoms with Crippen LogP contribution in [0.1, 0.15) is 12.0 Å². The lowest BCUT2D eigenvalue weighted by molar-refractivity contribution is 0.0317. The minimum atomic E-state index is 0.350. The molecule has 0 aliphatic carbocycles. The Morgan fingerprint density at radius 2 is 1.85 bits per heavy atom. The molecule has 1 N–H and O–H groups in total. The number of nitrogens with zero attached hydrogens (tertiary/aromatic N) is 5. The average molecular weight is 505 g/mol. The van der Waals surface area contributed by atoms with Gasteiger partial charge in [0.1, 0.15) is 12.4 Å². The number of morpholine rings is 2. The number of anilines is 2. The number of ether oxygens (including phenoxy) is 3. The lowest BCUT2D eigenvalue weighted by Crippen LogP contribution is -2.39. The minimum Gasteiger partial charge on any atom is -0.462 e. The van der Waals surface area contributed by atoms with Crippen molar-refractivity contribution in [3.63, 3.8) is 0 Å². The van der Waals surface area contributed by atoms with Gasteiger partial charge >= 0.3 is 6.01 Å². The van der Waals surface area contributed by atoms with Gasteiger partial charge in [-0.25, -0.2) is 0 Å². The highest BCUT2D eigenvalue weighted by Crippen LogP contribution is 2.32. The minimum absolute atomic E-state index is 0.350. The molecule has 0 bridgehead atoms. The Kier molecular flexibility index (Phi) is 8.02. The molecule has 34 heavy (non-hydrogen) atoms. The summed E-state index contributed by atoms with van der Waals surface area (Å²) in [5.74, 6) is 2.39. The lowest BCUT2D eigenvalue weighted by Gasteiger charge is -2.28. The molecule has 2 aromatic rings. The van der Waals surface area contributed by atoms with E-state index in [0.717, 1.165) is 75.2 Å². The molecule has 0 spiro atoms. The molecule has 9 nitrogen and oxygen atoms in total. The summed E-state index contributed by atoms with van der Waals surface area (Å²) >= 11 is 8.07. The second-order valence-corrected chi connectivity index (χ2v) is 9.78. The van der Waals surface area contributed by atoms with Gasteiger partial charge in [-0.15, -0.1) is 11.8 Å². The highest BCUT2D eigenvalue weighted by atomic mass is 35.5. The molecule has 0 radical (unpaired) electrons. The Morgan fingerprint density at radius 3 is 2.68 bits per heavy atom. The molecule has 1 aromatic carbocycles. The normalized spacial score (nSPS) is 20.3. The van der Waals surface area contributed by atoms with Crippen LogP contribution in [0.5, 0.6) is 6.01 Å². The van der Waals surface area contributed by atoms with E-state index >= 15 is 0 Å². The van der Waals surface area contributed by atoms with Crippen LogP contribution in [0, 0.1) is 0 Å². The Labute approximate surface area is 208 Å². The summed E-state index contributed by atoms with van der Waals surface area (Å²) in [4.78, 5) is 15.0. The van der Waals surface area contributed by atoms with Crippen LogP contribution in [0.3, 0.4) is 0 Å². The molecule has 0 unspecified atom stereocenters. The molecule has 3 aliphatic heterocycles. The number of hydrogen-bond donors (Lipinski definition) is 1. The Hall–Kier alpha value is -2.11. The number of thioether (sulfide) groups is 1. The SMILES string of the molecule is Clc1ccc2c(c1)/C(=N/Nc1cc(N3CCOCC3)nc(OCCN3CCOCC3)n1)CCS2. The van der Waals surface area contributed by atoms with E-state index in [2.05, 4.69) is 31.3 Å². The molecule has 0 saturated carbocycles. The van der Waals surface area contributed by atoms with Crippen LogP contribution in [-0.4, -0.2) is 92.1 Å². The van der Waals surface area contributed by atoms with E-state index in [4.69, 9.17) is 30.9 Å². The molecule has 11 heteroatoms. The van der Waals surface area contributed by atoms with E-state index in [1.807, 2.05) is 30.0 Å². The summed E-state index contributed by atoms with van der Waals surface area (Å²) in [5, 5.41) is 5.41. The smallest absolute Gasteiger partial charge is 0.320 e. The molecule has 0 amide bonds. The topological polar surface area (TPSA) is 84.3 Å². The van der Waals surface area contributed by atoms with Gasteiger partial charge in [0.2, 0.25) is 0 Å². The maximum absolute atomic E-state index is 6.24. The predicted molar refractivity (Wildman–Crippen MR) is 135 cm³/mol. The number of benzene rings is 1. The Morgan fingerprint density at radius 1 is 1.06 bits per heavy atom. The number of halogens is 1. The number of hydrazone groups is 1. The van der Waals surface area contributed by atoms with Gasteiger partial charge < -0.3 is 19.1 Å². The van der Waals surface area contributed by atoms with Crippen LogP contribution in [-0.2, 0) is 9.47 Å². The summed E-state index contributed by atoms with van der Waals surface area (Å²) in [7, 11) is 0. The van der Waals surface area contributed by atoms with Crippen molar-refractivity contribution >= 4 is 40.7 Å². The number of rotatable bonds is 7. The molecule has 1 aromatic heterocycles. The number of nitrogens with one attached hydrogen (secondary N) is 1. The van der Waals surface area contributed by atoms with Crippen LogP contribution in [0.25, 0.3) is 0 Å². The first-order valence-electron chi connectivity index (χ1n) is 11.6.